The Kier molecular flexibility index (Phi) is 8.56. The second-order valence-electron chi connectivity index (χ2n) is 18.6. The number of benzene rings is 9. The van der Waals surface area contributed by atoms with Crippen LogP contribution in [0.15, 0.2) is 204 Å². The van der Waals surface area contributed by atoms with Gasteiger partial charge >= 0.3 is 0 Å². The van der Waals surface area contributed by atoms with Crippen LogP contribution in [0.2, 0.25) is 0 Å². The van der Waals surface area contributed by atoms with E-state index in [4.69, 9.17) is 0 Å². The van der Waals surface area contributed by atoms with Crippen LogP contribution in [0, 0.1) is 0 Å². The van der Waals surface area contributed by atoms with E-state index in [9.17, 15) is 0 Å². The van der Waals surface area contributed by atoms with Crippen LogP contribution in [-0.4, -0.2) is 4.40 Å². The van der Waals surface area contributed by atoms with Crippen molar-refractivity contribution in [1.82, 2.24) is 4.40 Å². The smallest absolute Gasteiger partial charge is 0.197 e. The highest BCUT2D eigenvalue weighted by Gasteiger charge is 2.29. The Hall–Kier alpha value is -8.48. The quantitative estimate of drug-likeness (QED) is 0.131. The number of para-hydroxylation sites is 6. The van der Waals surface area contributed by atoms with Crippen LogP contribution in [0.5, 0.6) is 0 Å². The minimum absolute atomic E-state index is 0.102. The molecule has 0 atom stereocenters. The van der Waals surface area contributed by atoms with Gasteiger partial charge in [-0.3, -0.25) is 9.59 Å². The summed E-state index contributed by atoms with van der Waals surface area (Å²) >= 11 is 0. The molecule has 68 heavy (non-hydrogen) atoms. The number of hydrogen-bond donors (Lipinski definition) is 0. The molecule has 0 N–H and O–H groups in total. The van der Waals surface area contributed by atoms with Crippen molar-refractivity contribution in [2.75, 3.05) is 14.7 Å². The van der Waals surface area contributed by atoms with Crippen molar-refractivity contribution < 1.29 is 0 Å². The topological polar surface area (TPSA) is 48.3 Å². The number of nitrogens with zero attached hydrogens (tertiary/aromatic N) is 4. The zero-order chi connectivity index (χ0) is 45.0. The summed E-state index contributed by atoms with van der Waals surface area (Å²) in [7, 11) is 0. The van der Waals surface area contributed by atoms with Crippen molar-refractivity contribution >= 4 is 89.3 Å². The van der Waals surface area contributed by atoms with Crippen LogP contribution in [0.1, 0.15) is 33.4 Å². The first-order chi connectivity index (χ1) is 33.6. The van der Waals surface area contributed by atoms with Gasteiger partial charge in [0.15, 0.2) is 10.9 Å². The van der Waals surface area contributed by atoms with Gasteiger partial charge in [0.2, 0.25) is 0 Å². The summed E-state index contributed by atoms with van der Waals surface area (Å²) in [5.74, 6) is 0. The van der Waals surface area contributed by atoms with Gasteiger partial charge in [-0.25, -0.2) is 0 Å². The molecule has 6 nitrogen and oxygen atoms in total. The largest absolute Gasteiger partial charge is 0.310 e. The van der Waals surface area contributed by atoms with E-state index in [1.807, 2.05) is 12.1 Å². The minimum Gasteiger partial charge on any atom is -0.310 e. The predicted octanol–water partition coefficient (Wildman–Crippen LogP) is 14.3. The monoisotopic (exact) mass is 876 g/mol. The average molecular weight is 877 g/mol. The van der Waals surface area contributed by atoms with Crippen LogP contribution in [0.25, 0.3) is 38.1 Å². The lowest BCUT2D eigenvalue weighted by Gasteiger charge is -2.29. The molecule has 3 aliphatic heterocycles. The van der Waals surface area contributed by atoms with Gasteiger partial charge in [-0.1, -0.05) is 109 Å². The SMILES string of the molecule is O=c1c2cc(N3c4ccccc4CCc4ccccc43)ccc2n2c3ccc(N4c5ccccc5CCc5ccccc54)cc3c(=O)c3cc(N4c5ccccc5CCc5ccccc54)cc1c32. The highest BCUT2D eigenvalue weighted by molar-refractivity contribution is 6.11. The molecule has 11 aromatic rings. The van der Waals surface area contributed by atoms with Crippen molar-refractivity contribution in [3.8, 4) is 0 Å². The van der Waals surface area contributed by atoms with E-state index < -0.39 is 0 Å². The maximum absolute atomic E-state index is 15.7. The molecule has 5 heterocycles. The minimum atomic E-state index is -0.102. The predicted molar refractivity (Wildman–Crippen MR) is 280 cm³/mol. The summed E-state index contributed by atoms with van der Waals surface area (Å²) in [4.78, 5) is 38.3. The molecule has 2 aromatic heterocycles. The summed E-state index contributed by atoms with van der Waals surface area (Å²) in [5.41, 5.74) is 18.6. The number of hydrogen-bond acceptors (Lipinski definition) is 5. The van der Waals surface area contributed by atoms with Gasteiger partial charge in [-0.2, -0.15) is 0 Å². The van der Waals surface area contributed by atoms with Crippen LogP contribution in [0.3, 0.4) is 0 Å². The lowest BCUT2D eigenvalue weighted by molar-refractivity contribution is 0.977. The molecule has 0 saturated heterocycles. The maximum atomic E-state index is 15.7. The Labute approximate surface area is 393 Å². The molecule has 6 heteroatoms. The summed E-state index contributed by atoms with van der Waals surface area (Å²) in [5, 5.41) is 2.20. The molecule has 3 aliphatic rings. The highest BCUT2D eigenvalue weighted by Crippen LogP contribution is 2.47. The fourth-order valence-electron chi connectivity index (χ4n) is 11.8. The van der Waals surface area contributed by atoms with Gasteiger partial charge in [0.1, 0.15) is 0 Å². The molecule has 0 radical (unpaired) electrons. The Morgan fingerprint density at radius 3 is 0.853 bits per heavy atom. The van der Waals surface area contributed by atoms with Gasteiger partial charge in [-0.15, -0.1) is 0 Å². The highest BCUT2D eigenvalue weighted by atomic mass is 16.1. The standard InChI is InChI=1S/C62H44N4O2/c67-61-48-35-45(63-52-19-7-1-13-39(52)25-26-40-14-2-8-20-53(40)63)31-33-58(48)66-59-34-32-46(64-54-21-9-3-15-41(54)27-28-42-16-4-10-22-55(42)64)36-49(59)62(68)51-38-47(37-50(61)60(51)66)65-56-23-11-5-17-43(56)29-30-44-18-6-12-24-57(44)65/h1-24,31-38H,25-30H2. The van der Waals surface area contributed by atoms with Crippen LogP contribution >= 0.6 is 0 Å². The third kappa shape index (κ3) is 5.77. The first-order valence-electron chi connectivity index (χ1n) is 23.8. The van der Waals surface area contributed by atoms with Crippen molar-refractivity contribution in [3.05, 3.63) is 248 Å². The summed E-state index contributed by atoms with van der Waals surface area (Å²) in [6.45, 7) is 0. The molecule has 324 valence electrons. The number of fused-ring (bicyclic) bond motifs is 10. The van der Waals surface area contributed by atoms with Crippen LogP contribution in [-0.2, 0) is 38.5 Å². The van der Waals surface area contributed by atoms with E-state index in [1.165, 1.54) is 33.4 Å². The van der Waals surface area contributed by atoms with Crippen molar-refractivity contribution in [3.63, 3.8) is 0 Å². The third-order valence-electron chi connectivity index (χ3n) is 14.9. The summed E-state index contributed by atoms with van der Waals surface area (Å²) in [6.07, 6.45) is 5.44. The van der Waals surface area contributed by atoms with E-state index in [0.29, 0.717) is 27.1 Å². The molecular weight excluding hydrogens is 833 g/mol. The molecule has 0 aliphatic carbocycles. The Morgan fingerprint density at radius 2 is 0.544 bits per heavy atom. The van der Waals surface area contributed by atoms with Crippen molar-refractivity contribution in [2.24, 2.45) is 0 Å². The van der Waals surface area contributed by atoms with Crippen molar-refractivity contribution in [1.29, 1.82) is 0 Å². The first-order valence-corrected chi connectivity index (χ1v) is 23.8. The molecule has 0 amide bonds. The Balaban J connectivity index is 1.09. The van der Waals surface area contributed by atoms with Gasteiger partial charge < -0.3 is 19.1 Å². The van der Waals surface area contributed by atoms with Crippen LogP contribution < -0.4 is 25.6 Å². The molecule has 0 bridgehead atoms. The van der Waals surface area contributed by atoms with Gasteiger partial charge in [0.25, 0.3) is 0 Å². The molecule has 0 spiro atoms. The Morgan fingerprint density at radius 1 is 0.279 bits per heavy atom. The molecule has 14 rings (SSSR count). The van der Waals surface area contributed by atoms with E-state index in [2.05, 4.69) is 201 Å². The van der Waals surface area contributed by atoms with Gasteiger partial charge in [0.05, 0.1) is 16.6 Å². The lowest BCUT2D eigenvalue weighted by Crippen LogP contribution is -2.18. The fourth-order valence-corrected chi connectivity index (χ4v) is 11.8. The normalized spacial score (nSPS) is 14.1. The molecule has 0 saturated carbocycles. The Bertz CT molecular complexity index is 3670. The first kappa shape index (κ1) is 38.8. The van der Waals surface area contributed by atoms with E-state index in [0.717, 1.165) is 101 Å². The van der Waals surface area contributed by atoms with Crippen molar-refractivity contribution in [2.45, 2.75) is 38.5 Å². The second-order valence-corrected chi connectivity index (χ2v) is 18.6. The number of aryl methyl sites for hydroxylation is 6. The molecule has 0 unspecified atom stereocenters. The molecule has 0 fully saturated rings. The van der Waals surface area contributed by atoms with E-state index in [-0.39, 0.29) is 10.9 Å². The summed E-state index contributed by atoms with van der Waals surface area (Å²) in [6, 6.07) is 68.2. The zero-order valence-corrected chi connectivity index (χ0v) is 37.3. The number of aromatic nitrogens is 1. The number of anilines is 9. The fraction of sp³-hybridized carbons (Fsp3) is 0.0968. The lowest BCUT2D eigenvalue weighted by atomic mass is 10.00. The maximum Gasteiger partial charge on any atom is 0.197 e. The van der Waals surface area contributed by atoms with Gasteiger partial charge in [0, 0.05) is 72.7 Å². The number of pyridine rings is 2. The zero-order valence-electron chi connectivity index (χ0n) is 37.3. The number of rotatable bonds is 3. The second kappa shape index (κ2) is 15.0. The van der Waals surface area contributed by atoms with E-state index in [1.54, 1.807) is 0 Å². The average Bonchev–Trinajstić information content (AvgIpc) is 3.75. The summed E-state index contributed by atoms with van der Waals surface area (Å²) < 4.78 is 2.19. The van der Waals surface area contributed by atoms with Crippen LogP contribution in [0.4, 0.5) is 51.2 Å². The molecular formula is C62H44N4O2. The van der Waals surface area contributed by atoms with Gasteiger partial charge in [-0.05, 0) is 157 Å². The molecule has 9 aromatic carbocycles. The van der Waals surface area contributed by atoms with E-state index >= 15 is 9.59 Å². The third-order valence-corrected chi connectivity index (χ3v) is 14.9.